The van der Waals surface area contributed by atoms with Crippen molar-refractivity contribution in [3.63, 3.8) is 0 Å². The number of nitrogens with one attached hydrogen (secondary N) is 1. The van der Waals surface area contributed by atoms with E-state index in [-0.39, 0.29) is 11.4 Å². The number of benzene rings is 2. The number of aromatic nitrogens is 1. The Hall–Kier alpha value is -3.26. The minimum Gasteiger partial charge on any atom is -0.410 e. The summed E-state index contributed by atoms with van der Waals surface area (Å²) in [6.07, 6.45) is 0.958. The van der Waals surface area contributed by atoms with Gasteiger partial charge in [0, 0.05) is 18.3 Å². The highest BCUT2D eigenvalue weighted by Gasteiger charge is 2.11. The van der Waals surface area contributed by atoms with Crippen LogP contribution in [0.1, 0.15) is 0 Å². The lowest BCUT2D eigenvalue weighted by atomic mass is 10.2. The predicted molar refractivity (Wildman–Crippen MR) is 90.3 cm³/mol. The van der Waals surface area contributed by atoms with Gasteiger partial charge in [-0.25, -0.2) is 9.78 Å². The molecule has 24 heavy (non-hydrogen) atoms. The summed E-state index contributed by atoms with van der Waals surface area (Å²) in [5, 5.41) is 13.5. The zero-order valence-corrected chi connectivity index (χ0v) is 13.0. The highest BCUT2D eigenvalue weighted by atomic mass is 32.1. The van der Waals surface area contributed by atoms with Crippen LogP contribution in [-0.2, 0) is 0 Å². The number of rotatable bonds is 4. The molecule has 0 aliphatic rings. The van der Waals surface area contributed by atoms with Crippen LogP contribution in [-0.4, -0.2) is 16.0 Å². The van der Waals surface area contributed by atoms with E-state index in [4.69, 9.17) is 4.74 Å². The Morgan fingerprint density at radius 1 is 1.12 bits per heavy atom. The monoisotopic (exact) mass is 341 g/mol. The van der Waals surface area contributed by atoms with E-state index < -0.39 is 11.0 Å². The molecule has 0 radical (unpaired) electrons. The van der Waals surface area contributed by atoms with E-state index in [2.05, 4.69) is 10.3 Å². The fourth-order valence-corrected chi connectivity index (χ4v) is 2.73. The van der Waals surface area contributed by atoms with Crippen LogP contribution in [0.3, 0.4) is 0 Å². The van der Waals surface area contributed by atoms with E-state index in [1.165, 1.54) is 35.6 Å². The van der Waals surface area contributed by atoms with Gasteiger partial charge in [-0.05, 0) is 17.7 Å². The number of ether oxygens (including phenoxy) is 1. The lowest BCUT2D eigenvalue weighted by Crippen LogP contribution is -2.16. The van der Waals surface area contributed by atoms with E-state index in [1.54, 1.807) is 6.20 Å². The van der Waals surface area contributed by atoms with Gasteiger partial charge in [-0.1, -0.05) is 41.7 Å². The molecule has 0 saturated carbocycles. The Morgan fingerprint density at radius 2 is 1.83 bits per heavy atom. The van der Waals surface area contributed by atoms with E-state index >= 15 is 0 Å². The molecule has 0 spiro atoms. The van der Waals surface area contributed by atoms with Gasteiger partial charge in [0.1, 0.15) is 5.75 Å². The van der Waals surface area contributed by atoms with Gasteiger partial charge in [0.25, 0.3) is 5.69 Å². The summed E-state index contributed by atoms with van der Waals surface area (Å²) < 4.78 is 5.06. The zero-order valence-electron chi connectivity index (χ0n) is 12.2. The number of hydrogen-bond donors (Lipinski definition) is 1. The van der Waals surface area contributed by atoms with Crippen molar-refractivity contribution in [2.45, 2.75) is 0 Å². The summed E-state index contributed by atoms with van der Waals surface area (Å²) in [6.45, 7) is 0. The normalized spacial score (nSPS) is 10.2. The van der Waals surface area contributed by atoms with Gasteiger partial charge in [0.05, 0.1) is 9.80 Å². The van der Waals surface area contributed by atoms with Crippen LogP contribution in [0.2, 0.25) is 0 Å². The smallest absolute Gasteiger partial charge is 0.410 e. The molecule has 7 nitrogen and oxygen atoms in total. The fraction of sp³-hybridized carbons (Fsp3) is 0. The first-order valence-electron chi connectivity index (χ1n) is 6.86. The molecule has 1 amide bonds. The molecule has 0 atom stereocenters. The van der Waals surface area contributed by atoms with Crippen LogP contribution in [0.4, 0.5) is 15.6 Å². The van der Waals surface area contributed by atoms with Crippen molar-refractivity contribution in [1.29, 1.82) is 0 Å². The standard InChI is InChI=1S/C16H11N3O4S/c20-16(23-13-8-6-12(7-9-13)19(21)22)18-15-17-10-14(24-15)11-4-2-1-3-5-11/h1-10H,(H,17,18,20). The number of carbonyl (C=O) groups is 1. The molecule has 0 bridgehead atoms. The summed E-state index contributed by atoms with van der Waals surface area (Å²) >= 11 is 1.32. The average molecular weight is 341 g/mol. The third-order valence-corrected chi connectivity index (χ3v) is 3.99. The lowest BCUT2D eigenvalue weighted by Gasteiger charge is -2.03. The summed E-state index contributed by atoms with van der Waals surface area (Å²) in [6, 6.07) is 14.9. The van der Waals surface area contributed by atoms with E-state index in [0.29, 0.717) is 5.13 Å². The van der Waals surface area contributed by atoms with Crippen LogP contribution in [0.5, 0.6) is 5.75 Å². The maximum atomic E-state index is 11.8. The molecule has 1 aromatic heterocycles. The minimum atomic E-state index is -0.710. The molecule has 1 N–H and O–H groups in total. The molecule has 0 unspecified atom stereocenters. The summed E-state index contributed by atoms with van der Waals surface area (Å²) in [5.74, 6) is 0.206. The SMILES string of the molecule is O=C(Nc1ncc(-c2ccccc2)s1)Oc1ccc([N+](=O)[O-])cc1. The number of nitro benzene ring substituents is 1. The molecular formula is C16H11N3O4S. The second-order valence-electron chi connectivity index (χ2n) is 4.66. The number of nitro groups is 1. The maximum absolute atomic E-state index is 11.8. The van der Waals surface area contributed by atoms with Gasteiger partial charge in [-0.15, -0.1) is 0 Å². The highest BCUT2D eigenvalue weighted by molar-refractivity contribution is 7.19. The maximum Gasteiger partial charge on any atom is 0.418 e. The van der Waals surface area contributed by atoms with Crippen LogP contribution in [0, 0.1) is 10.1 Å². The summed E-state index contributed by atoms with van der Waals surface area (Å²) in [7, 11) is 0. The molecule has 120 valence electrons. The molecule has 3 rings (SSSR count). The molecule has 0 aliphatic heterocycles. The van der Waals surface area contributed by atoms with E-state index in [9.17, 15) is 14.9 Å². The van der Waals surface area contributed by atoms with Gasteiger partial charge in [-0.3, -0.25) is 15.4 Å². The summed E-state index contributed by atoms with van der Waals surface area (Å²) in [5.41, 5.74) is 0.932. The van der Waals surface area contributed by atoms with Crippen molar-refractivity contribution in [1.82, 2.24) is 4.98 Å². The second kappa shape index (κ2) is 6.88. The number of amides is 1. The van der Waals surface area contributed by atoms with Gasteiger partial charge in [-0.2, -0.15) is 0 Å². The van der Waals surface area contributed by atoms with Gasteiger partial charge < -0.3 is 4.74 Å². The second-order valence-corrected chi connectivity index (χ2v) is 5.69. The molecule has 0 fully saturated rings. The van der Waals surface area contributed by atoms with Gasteiger partial charge in [0.2, 0.25) is 0 Å². The first kappa shape index (κ1) is 15.6. The Kier molecular flexibility index (Phi) is 4.48. The molecular weight excluding hydrogens is 330 g/mol. The molecule has 8 heteroatoms. The Labute approximate surface area is 140 Å². The summed E-state index contributed by atoms with van der Waals surface area (Å²) in [4.78, 5) is 26.9. The lowest BCUT2D eigenvalue weighted by molar-refractivity contribution is -0.384. The Bertz CT molecular complexity index is 863. The quantitative estimate of drug-likeness (QED) is 0.563. The van der Waals surface area contributed by atoms with Crippen molar-refractivity contribution in [2.75, 3.05) is 5.32 Å². The third-order valence-electron chi connectivity index (χ3n) is 3.03. The zero-order chi connectivity index (χ0) is 16.9. The topological polar surface area (TPSA) is 94.4 Å². The Balaban J connectivity index is 1.63. The Morgan fingerprint density at radius 3 is 2.50 bits per heavy atom. The average Bonchev–Trinajstić information content (AvgIpc) is 3.04. The number of nitrogens with zero attached hydrogens (tertiary/aromatic N) is 2. The fourth-order valence-electron chi connectivity index (χ4n) is 1.92. The molecule has 0 saturated heterocycles. The van der Waals surface area contributed by atoms with Crippen molar-refractivity contribution in [3.8, 4) is 16.2 Å². The van der Waals surface area contributed by atoms with Crippen molar-refractivity contribution in [3.05, 3.63) is 70.9 Å². The molecule has 1 heterocycles. The number of carbonyl (C=O) groups excluding carboxylic acids is 1. The minimum absolute atomic E-state index is 0.0739. The first-order chi connectivity index (χ1) is 11.6. The molecule has 2 aromatic carbocycles. The third kappa shape index (κ3) is 3.73. The highest BCUT2D eigenvalue weighted by Crippen LogP contribution is 2.28. The number of non-ortho nitro benzene ring substituents is 1. The van der Waals surface area contributed by atoms with Crippen LogP contribution in [0.25, 0.3) is 10.4 Å². The molecule has 0 aliphatic carbocycles. The van der Waals surface area contributed by atoms with Crippen molar-refractivity contribution >= 4 is 28.2 Å². The largest absolute Gasteiger partial charge is 0.418 e. The number of thiazole rings is 1. The number of hydrogen-bond acceptors (Lipinski definition) is 6. The van der Waals surface area contributed by atoms with Crippen LogP contribution in [0.15, 0.2) is 60.8 Å². The van der Waals surface area contributed by atoms with E-state index in [1.807, 2.05) is 30.3 Å². The van der Waals surface area contributed by atoms with Gasteiger partial charge in [0.15, 0.2) is 5.13 Å². The number of anilines is 1. The first-order valence-corrected chi connectivity index (χ1v) is 7.68. The predicted octanol–water partition coefficient (Wildman–Crippen LogP) is 4.33. The van der Waals surface area contributed by atoms with Crippen LogP contribution < -0.4 is 10.1 Å². The van der Waals surface area contributed by atoms with E-state index in [0.717, 1.165) is 10.4 Å². The van der Waals surface area contributed by atoms with Gasteiger partial charge >= 0.3 is 6.09 Å². The molecule has 3 aromatic rings. The van der Waals surface area contributed by atoms with Crippen molar-refractivity contribution in [2.24, 2.45) is 0 Å². The van der Waals surface area contributed by atoms with Crippen molar-refractivity contribution < 1.29 is 14.5 Å². The van der Waals surface area contributed by atoms with Crippen LogP contribution >= 0.6 is 11.3 Å².